The first-order valence-corrected chi connectivity index (χ1v) is 8.61. The van der Waals surface area contributed by atoms with Crippen molar-refractivity contribution in [3.8, 4) is 0 Å². The number of nitrogens with one attached hydrogen (secondary N) is 2. The maximum Gasteiger partial charge on any atom is 0.320 e. The molecule has 0 atom stereocenters. The molecule has 2 aromatic rings. The summed E-state index contributed by atoms with van der Waals surface area (Å²) >= 11 is 0. The molecular weight excluding hydrogens is 496 g/mol. The average Bonchev–Trinajstić information content (AvgIpc) is 2.64. The van der Waals surface area contributed by atoms with Crippen LogP contribution in [0.4, 0.5) is 35.7 Å². The van der Waals surface area contributed by atoms with Crippen LogP contribution in [0.25, 0.3) is 0 Å². The van der Waals surface area contributed by atoms with Crippen LogP contribution in [0.1, 0.15) is 25.7 Å². The number of nitrogens with zero attached hydrogens (tertiary/aromatic N) is 4. The first-order chi connectivity index (χ1) is 15.6. The number of carboxylic acids is 4. The number of aliphatic carboxylic acids is 4. The summed E-state index contributed by atoms with van der Waals surface area (Å²) < 4.78 is 0. The van der Waals surface area contributed by atoms with Gasteiger partial charge in [-0.05, 0) is 12.8 Å². The van der Waals surface area contributed by atoms with Crippen LogP contribution in [0.5, 0.6) is 0 Å². The monoisotopic (exact) mass is 524 g/mol. The van der Waals surface area contributed by atoms with E-state index in [-0.39, 0.29) is 59.5 Å². The molecule has 22 nitrogen and oxygen atoms in total. The van der Waals surface area contributed by atoms with E-state index >= 15 is 0 Å². The van der Waals surface area contributed by atoms with Gasteiger partial charge in [0.2, 0.25) is 0 Å². The SMILES string of the molecule is Nc1nc(N)[nH+]c(N)n1.Nc1nc(N)[nH+]c(N)n1.O.O.O=C(O)CCC(=O)O.O=C([O-])CCC(=O)[O-]. The van der Waals surface area contributed by atoms with Crippen molar-refractivity contribution >= 4 is 59.6 Å². The zero-order valence-corrected chi connectivity index (χ0v) is 18.4. The number of aromatic nitrogens is 6. The second-order valence-corrected chi connectivity index (χ2v) is 5.49. The fourth-order valence-corrected chi connectivity index (χ4v) is 1.34. The van der Waals surface area contributed by atoms with Gasteiger partial charge in [-0.25, -0.2) is 9.97 Å². The van der Waals surface area contributed by atoms with Crippen LogP contribution in [-0.4, -0.2) is 65.0 Å². The van der Waals surface area contributed by atoms with Crippen molar-refractivity contribution in [3.63, 3.8) is 0 Å². The molecule has 0 fully saturated rings. The summed E-state index contributed by atoms with van der Waals surface area (Å²) in [7, 11) is 0. The van der Waals surface area contributed by atoms with Crippen molar-refractivity contribution in [1.29, 1.82) is 0 Å². The van der Waals surface area contributed by atoms with Crippen LogP contribution in [0.15, 0.2) is 0 Å². The van der Waals surface area contributed by atoms with Crippen molar-refractivity contribution in [2.24, 2.45) is 0 Å². The van der Waals surface area contributed by atoms with E-state index in [0.717, 1.165) is 0 Å². The zero-order valence-electron chi connectivity index (χ0n) is 18.4. The van der Waals surface area contributed by atoms with Gasteiger partial charge in [-0.3, -0.25) is 9.59 Å². The molecule has 0 bridgehead atoms. The van der Waals surface area contributed by atoms with E-state index in [1.54, 1.807) is 0 Å². The Morgan fingerprint density at radius 2 is 0.806 bits per heavy atom. The van der Waals surface area contributed by atoms with Crippen molar-refractivity contribution in [2.45, 2.75) is 25.7 Å². The number of carbonyl (C=O) groups is 4. The predicted octanol–water partition coefficient (Wildman–Crippen LogP) is -8.37. The normalized spacial score (nSPS) is 8.44. The van der Waals surface area contributed by atoms with E-state index in [1.165, 1.54) is 0 Å². The van der Waals surface area contributed by atoms with Crippen molar-refractivity contribution < 1.29 is 60.5 Å². The Morgan fingerprint density at radius 1 is 0.583 bits per heavy atom. The number of aromatic amines is 2. The van der Waals surface area contributed by atoms with Gasteiger partial charge in [0.15, 0.2) is 0 Å². The van der Waals surface area contributed by atoms with Gasteiger partial charge in [-0.15, -0.1) is 0 Å². The summed E-state index contributed by atoms with van der Waals surface area (Å²) in [5.41, 5.74) is 31.1. The Kier molecular flexibility index (Phi) is 21.3. The van der Waals surface area contributed by atoms with E-state index in [9.17, 15) is 29.4 Å². The lowest BCUT2D eigenvalue weighted by molar-refractivity contribution is -0.351. The number of carboxylic acid groups (broad SMARTS) is 4. The van der Waals surface area contributed by atoms with Gasteiger partial charge < -0.3 is 75.4 Å². The highest BCUT2D eigenvalue weighted by atomic mass is 16.4. The molecule has 204 valence electrons. The molecule has 0 aliphatic rings. The van der Waals surface area contributed by atoms with Crippen molar-refractivity contribution in [3.05, 3.63) is 0 Å². The standard InChI is InChI=1S/2C4H6O4.2C3H6N6.2H2O/c2*5-3(6)1-2-4(7)8;2*4-1-7-2(5)9-3(6)8-1;;/h2*1-2H2,(H,5,6)(H,7,8);2*(H6,4,5,6,7,8,9);2*1H2. The molecule has 2 heterocycles. The fraction of sp³-hybridized carbons (Fsp3) is 0.286. The molecule has 0 saturated heterocycles. The Bertz CT molecular complexity index is 771. The number of H-pyrrole nitrogens is 2. The van der Waals surface area contributed by atoms with Crippen LogP contribution in [0.2, 0.25) is 0 Å². The Balaban J connectivity index is -0.000000187. The number of anilines is 6. The largest absolute Gasteiger partial charge is 0.550 e. The van der Waals surface area contributed by atoms with Gasteiger partial charge >= 0.3 is 47.6 Å². The van der Waals surface area contributed by atoms with Gasteiger partial charge in [0.05, 0.1) is 12.8 Å². The van der Waals surface area contributed by atoms with Gasteiger partial charge in [0, 0.05) is 11.9 Å². The van der Waals surface area contributed by atoms with Crippen LogP contribution in [-0.2, 0) is 19.2 Å². The van der Waals surface area contributed by atoms with Crippen molar-refractivity contribution in [2.75, 3.05) is 34.4 Å². The lowest BCUT2D eigenvalue weighted by Gasteiger charge is -2.00. The second-order valence-electron chi connectivity index (χ2n) is 5.49. The molecule has 0 unspecified atom stereocenters. The van der Waals surface area contributed by atoms with E-state index in [2.05, 4.69) is 29.9 Å². The summed E-state index contributed by atoms with van der Waals surface area (Å²) in [5.74, 6) is -4.07. The van der Waals surface area contributed by atoms with E-state index in [0.29, 0.717) is 0 Å². The first kappa shape index (κ1) is 37.9. The first-order valence-electron chi connectivity index (χ1n) is 8.61. The lowest BCUT2D eigenvalue weighted by Crippen LogP contribution is -2.27. The fourth-order valence-electron chi connectivity index (χ4n) is 1.34. The minimum absolute atomic E-state index is 0. The summed E-state index contributed by atoms with van der Waals surface area (Å²) in [6, 6.07) is 0. The molecule has 2 rings (SSSR count). The predicted molar refractivity (Wildman–Crippen MR) is 115 cm³/mol. The van der Waals surface area contributed by atoms with Gasteiger partial charge in [0.25, 0.3) is 0 Å². The minimum Gasteiger partial charge on any atom is -0.550 e. The summed E-state index contributed by atoms with van der Waals surface area (Å²) in [6.07, 6.45) is -1.53. The number of rotatable bonds is 6. The Hall–Kier alpha value is -5.38. The van der Waals surface area contributed by atoms with Crippen LogP contribution in [0.3, 0.4) is 0 Å². The number of nitrogen functional groups attached to an aromatic ring is 6. The Morgan fingerprint density at radius 3 is 0.944 bits per heavy atom. The molecular formula is C14H28N12O10. The number of carbonyl (C=O) groups excluding carboxylic acids is 2. The smallest absolute Gasteiger partial charge is 0.320 e. The van der Waals surface area contributed by atoms with Gasteiger partial charge in [-0.2, -0.15) is 0 Å². The van der Waals surface area contributed by atoms with E-state index in [4.69, 9.17) is 44.6 Å². The van der Waals surface area contributed by atoms with Gasteiger partial charge in [0.1, 0.15) is 0 Å². The highest BCUT2D eigenvalue weighted by Gasteiger charge is 2.02. The maximum absolute atomic E-state index is 9.64. The number of nitrogens with two attached hydrogens (primary N) is 6. The van der Waals surface area contributed by atoms with Crippen molar-refractivity contribution in [1.82, 2.24) is 19.9 Å². The number of hydrogen-bond acceptors (Lipinski definition) is 16. The molecule has 0 saturated carbocycles. The molecule has 0 amide bonds. The third-order valence-corrected chi connectivity index (χ3v) is 2.54. The third kappa shape index (κ3) is 26.7. The topological polar surface area (TPSA) is 454 Å². The molecule has 2 aromatic heterocycles. The quantitative estimate of drug-likeness (QED) is 0.174. The highest BCUT2D eigenvalue weighted by Crippen LogP contribution is 1.92. The molecule has 22 heteroatoms. The molecule has 0 aliphatic heterocycles. The zero-order chi connectivity index (χ0) is 26.8. The summed E-state index contributed by atoms with van der Waals surface area (Å²) in [5, 5.41) is 34.8. The lowest BCUT2D eigenvalue weighted by atomic mass is 10.3. The summed E-state index contributed by atoms with van der Waals surface area (Å²) in [6.45, 7) is 0. The molecule has 0 spiro atoms. The van der Waals surface area contributed by atoms with Crippen LogP contribution >= 0.6 is 0 Å². The molecule has 20 N–H and O–H groups in total. The third-order valence-electron chi connectivity index (χ3n) is 2.54. The summed E-state index contributed by atoms with van der Waals surface area (Å²) in [4.78, 5) is 57.4. The molecule has 36 heavy (non-hydrogen) atoms. The highest BCUT2D eigenvalue weighted by molar-refractivity contribution is 5.75. The molecule has 0 radical (unpaired) electrons. The van der Waals surface area contributed by atoms with Crippen LogP contribution in [0, 0.1) is 0 Å². The van der Waals surface area contributed by atoms with E-state index in [1.807, 2.05) is 0 Å². The van der Waals surface area contributed by atoms with Crippen LogP contribution < -0.4 is 54.6 Å². The minimum atomic E-state index is -1.37. The van der Waals surface area contributed by atoms with Gasteiger partial charge in [-0.1, -0.05) is 19.9 Å². The molecule has 0 aliphatic carbocycles. The second kappa shape index (κ2) is 20.2. The molecule has 0 aromatic carbocycles. The Labute approximate surface area is 201 Å². The maximum atomic E-state index is 9.64. The van der Waals surface area contributed by atoms with E-state index < -0.39 is 36.7 Å². The average molecular weight is 524 g/mol. The number of hydrogen-bond donors (Lipinski definition) is 8.